The molecule has 0 spiro atoms. The fraction of sp³-hybridized carbons (Fsp3) is 0.250. The lowest BCUT2D eigenvalue weighted by Gasteiger charge is -2.21. The molecule has 132 valence electrons. The van der Waals surface area contributed by atoms with Crippen molar-refractivity contribution in [1.29, 1.82) is 0 Å². The first-order valence-electron chi connectivity index (χ1n) is 8.49. The molecule has 1 amide bonds. The zero-order valence-electron chi connectivity index (χ0n) is 14.6. The quantitative estimate of drug-likeness (QED) is 0.682. The number of rotatable bonds is 3. The highest BCUT2D eigenvalue weighted by molar-refractivity contribution is 6.33. The molecular weight excluding hydrogens is 350 g/mol. The summed E-state index contributed by atoms with van der Waals surface area (Å²) in [5, 5.41) is 4.62. The van der Waals surface area contributed by atoms with E-state index in [1.54, 1.807) is 6.07 Å². The van der Waals surface area contributed by atoms with Gasteiger partial charge in [0.25, 0.3) is 0 Å². The molecule has 1 aliphatic rings. The highest BCUT2D eigenvalue weighted by atomic mass is 35.5. The Kier molecular flexibility index (Phi) is 4.24. The van der Waals surface area contributed by atoms with E-state index < -0.39 is 0 Å². The minimum atomic E-state index is -0.120. The number of benzene rings is 2. The van der Waals surface area contributed by atoms with Crippen LogP contribution in [-0.4, -0.2) is 22.6 Å². The molecule has 1 fully saturated rings. The Morgan fingerprint density at radius 3 is 2.58 bits per heavy atom. The van der Waals surface area contributed by atoms with E-state index in [2.05, 4.69) is 10.1 Å². The fourth-order valence-electron chi connectivity index (χ4n) is 3.47. The third-order valence-corrected chi connectivity index (χ3v) is 5.07. The third-order valence-electron chi connectivity index (χ3n) is 4.74. The maximum Gasteiger partial charge on any atom is 0.232 e. The van der Waals surface area contributed by atoms with Gasteiger partial charge in [0, 0.05) is 24.2 Å². The number of amides is 1. The van der Waals surface area contributed by atoms with E-state index in [0.29, 0.717) is 29.7 Å². The second-order valence-electron chi connectivity index (χ2n) is 6.58. The molecule has 1 unspecified atom stereocenters. The molecule has 26 heavy (non-hydrogen) atoms. The van der Waals surface area contributed by atoms with Crippen LogP contribution in [0.2, 0.25) is 5.02 Å². The smallest absolute Gasteiger partial charge is 0.232 e. The molecule has 0 radical (unpaired) electrons. The van der Waals surface area contributed by atoms with E-state index in [0.717, 1.165) is 22.4 Å². The molecule has 1 aromatic heterocycles. The number of halogens is 1. The maximum atomic E-state index is 12.6. The summed E-state index contributed by atoms with van der Waals surface area (Å²) >= 11 is 6.20. The Balaban J connectivity index is 1.61. The Morgan fingerprint density at radius 2 is 1.85 bits per heavy atom. The lowest BCUT2D eigenvalue weighted by atomic mass is 10.1. The molecule has 0 bridgehead atoms. The van der Waals surface area contributed by atoms with Crippen LogP contribution in [0, 0.1) is 13.8 Å². The van der Waals surface area contributed by atoms with Crippen molar-refractivity contribution < 1.29 is 9.32 Å². The number of carbonyl (C=O) groups is 1. The zero-order chi connectivity index (χ0) is 18.3. The first kappa shape index (κ1) is 16.8. The molecule has 4 rings (SSSR count). The van der Waals surface area contributed by atoms with E-state index in [9.17, 15) is 4.79 Å². The number of carbonyl (C=O) groups excluding carboxylic acids is 1. The van der Waals surface area contributed by atoms with Crippen molar-refractivity contribution in [3.05, 3.63) is 64.5 Å². The predicted molar refractivity (Wildman–Crippen MR) is 100 cm³/mol. The minimum Gasteiger partial charge on any atom is -0.339 e. The summed E-state index contributed by atoms with van der Waals surface area (Å²) in [6.07, 6.45) is 0.359. The van der Waals surface area contributed by atoms with Gasteiger partial charge in [-0.25, -0.2) is 0 Å². The van der Waals surface area contributed by atoms with Gasteiger partial charge in [0.15, 0.2) is 0 Å². The first-order chi connectivity index (χ1) is 12.5. The van der Waals surface area contributed by atoms with Gasteiger partial charge in [0.05, 0.1) is 10.9 Å². The van der Waals surface area contributed by atoms with Crippen LogP contribution in [0.25, 0.3) is 11.4 Å². The van der Waals surface area contributed by atoms with Crippen molar-refractivity contribution >= 4 is 23.2 Å². The number of aromatic nitrogens is 2. The molecule has 0 N–H and O–H groups in total. The van der Waals surface area contributed by atoms with Gasteiger partial charge in [0.1, 0.15) is 0 Å². The molecule has 0 saturated carbocycles. The molecule has 6 heteroatoms. The average molecular weight is 368 g/mol. The summed E-state index contributed by atoms with van der Waals surface area (Å²) in [5.74, 6) is 0.876. The molecular formula is C20H18ClN3O2. The molecule has 1 atom stereocenters. The van der Waals surface area contributed by atoms with Crippen molar-refractivity contribution in [2.75, 3.05) is 11.4 Å². The summed E-state index contributed by atoms with van der Waals surface area (Å²) in [4.78, 5) is 18.9. The van der Waals surface area contributed by atoms with Gasteiger partial charge in [-0.2, -0.15) is 4.98 Å². The molecule has 1 aliphatic heterocycles. The van der Waals surface area contributed by atoms with E-state index >= 15 is 0 Å². The zero-order valence-corrected chi connectivity index (χ0v) is 15.3. The normalized spacial score (nSPS) is 17.1. The van der Waals surface area contributed by atoms with E-state index in [4.69, 9.17) is 16.1 Å². The van der Waals surface area contributed by atoms with Gasteiger partial charge < -0.3 is 9.42 Å². The second-order valence-corrected chi connectivity index (χ2v) is 6.99. The summed E-state index contributed by atoms with van der Waals surface area (Å²) in [6, 6.07) is 13.4. The minimum absolute atomic E-state index is 0.0740. The van der Waals surface area contributed by atoms with Crippen LogP contribution in [0.1, 0.15) is 29.4 Å². The Hall–Kier alpha value is -2.66. The van der Waals surface area contributed by atoms with Crippen molar-refractivity contribution in [2.24, 2.45) is 0 Å². The summed E-state index contributed by atoms with van der Waals surface area (Å²) < 4.78 is 5.45. The first-order valence-corrected chi connectivity index (χ1v) is 8.87. The molecule has 1 saturated heterocycles. The predicted octanol–water partition coefficient (Wildman–Crippen LogP) is 4.53. The standard InChI is InChI=1S/C20H18ClN3O2/c1-12-6-5-7-13(2)18(12)24-11-14(10-17(24)25)20-22-19(23-26-20)15-8-3-4-9-16(15)21/h3-9,14H,10-11H2,1-2H3. The number of nitrogens with zero attached hydrogens (tertiary/aromatic N) is 3. The number of anilines is 1. The number of hydrogen-bond acceptors (Lipinski definition) is 4. The number of para-hydroxylation sites is 1. The largest absolute Gasteiger partial charge is 0.339 e. The van der Waals surface area contributed by atoms with Gasteiger partial charge >= 0.3 is 0 Å². The van der Waals surface area contributed by atoms with Crippen LogP contribution in [0.3, 0.4) is 0 Å². The van der Waals surface area contributed by atoms with E-state index in [1.165, 1.54) is 0 Å². The maximum absolute atomic E-state index is 12.6. The van der Waals surface area contributed by atoms with Crippen LogP contribution in [-0.2, 0) is 4.79 Å². The monoisotopic (exact) mass is 367 g/mol. The van der Waals surface area contributed by atoms with Crippen molar-refractivity contribution in [3.8, 4) is 11.4 Å². The molecule has 0 aliphatic carbocycles. The second kappa shape index (κ2) is 6.57. The SMILES string of the molecule is Cc1cccc(C)c1N1CC(c2nc(-c3ccccc3Cl)no2)CC1=O. The summed E-state index contributed by atoms with van der Waals surface area (Å²) in [6.45, 7) is 4.57. The Labute approximate surface area is 156 Å². The van der Waals surface area contributed by atoms with Crippen LogP contribution in [0.4, 0.5) is 5.69 Å². The highest BCUT2D eigenvalue weighted by Gasteiger charge is 2.36. The lowest BCUT2D eigenvalue weighted by molar-refractivity contribution is -0.117. The molecule has 2 aromatic carbocycles. The van der Waals surface area contributed by atoms with Crippen molar-refractivity contribution in [3.63, 3.8) is 0 Å². The number of aryl methyl sites for hydroxylation is 2. The number of hydrogen-bond donors (Lipinski definition) is 0. The summed E-state index contributed by atoms with van der Waals surface area (Å²) in [5.41, 5.74) is 3.87. The van der Waals surface area contributed by atoms with Crippen molar-refractivity contribution in [1.82, 2.24) is 10.1 Å². The Morgan fingerprint density at radius 1 is 1.12 bits per heavy atom. The van der Waals surface area contributed by atoms with Gasteiger partial charge in [-0.05, 0) is 37.1 Å². The van der Waals surface area contributed by atoms with Crippen molar-refractivity contribution in [2.45, 2.75) is 26.2 Å². The average Bonchev–Trinajstić information content (AvgIpc) is 3.23. The third kappa shape index (κ3) is 2.88. The van der Waals surface area contributed by atoms with E-state index in [-0.39, 0.29) is 11.8 Å². The fourth-order valence-corrected chi connectivity index (χ4v) is 3.69. The molecule has 2 heterocycles. The van der Waals surface area contributed by atoms with Crippen LogP contribution < -0.4 is 4.90 Å². The highest BCUT2D eigenvalue weighted by Crippen LogP contribution is 2.35. The van der Waals surface area contributed by atoms with Crippen LogP contribution >= 0.6 is 11.6 Å². The lowest BCUT2D eigenvalue weighted by Crippen LogP contribution is -2.26. The molecule has 5 nitrogen and oxygen atoms in total. The van der Waals surface area contributed by atoms with Gasteiger partial charge in [0.2, 0.25) is 17.6 Å². The van der Waals surface area contributed by atoms with Crippen LogP contribution in [0.5, 0.6) is 0 Å². The van der Waals surface area contributed by atoms with Crippen LogP contribution in [0.15, 0.2) is 47.0 Å². The Bertz CT molecular complexity index is 962. The summed E-state index contributed by atoms with van der Waals surface area (Å²) in [7, 11) is 0. The van der Waals surface area contributed by atoms with Gasteiger partial charge in [-0.15, -0.1) is 0 Å². The van der Waals surface area contributed by atoms with Gasteiger partial charge in [-0.1, -0.05) is 47.1 Å². The van der Waals surface area contributed by atoms with E-state index in [1.807, 2.05) is 55.1 Å². The molecule has 3 aromatic rings. The van der Waals surface area contributed by atoms with Gasteiger partial charge in [-0.3, -0.25) is 4.79 Å². The topological polar surface area (TPSA) is 59.2 Å².